The van der Waals surface area contributed by atoms with Gasteiger partial charge in [0.25, 0.3) is 0 Å². The molecule has 2 aromatic carbocycles. The Balaban J connectivity index is 2.35. The highest BCUT2D eigenvalue weighted by Crippen LogP contribution is 2.39. The number of pyridine rings is 1. The van der Waals surface area contributed by atoms with Gasteiger partial charge in [-0.2, -0.15) is 0 Å². The van der Waals surface area contributed by atoms with E-state index in [2.05, 4.69) is 82.7 Å². The molecule has 0 saturated carbocycles. The first-order valence-electron chi connectivity index (χ1n) is 12.0. The van der Waals surface area contributed by atoms with E-state index in [1.807, 2.05) is 18.3 Å². The fourth-order valence-corrected chi connectivity index (χ4v) is 4.97. The zero-order chi connectivity index (χ0) is 23.8. The minimum absolute atomic E-state index is 0.283. The van der Waals surface area contributed by atoms with Crippen LogP contribution in [0.5, 0.6) is 0 Å². The fourth-order valence-electron chi connectivity index (χ4n) is 3.83. The van der Waals surface area contributed by atoms with Gasteiger partial charge in [-0.15, -0.1) is 0 Å². The molecule has 0 spiro atoms. The normalized spacial score (nSPS) is 14.0. The first-order valence-corrected chi connectivity index (χ1v) is 14.0. The van der Waals surface area contributed by atoms with Gasteiger partial charge in [-0.05, 0) is 64.7 Å². The summed E-state index contributed by atoms with van der Waals surface area (Å²) in [5, 5.41) is 1.34. The highest BCUT2D eigenvalue weighted by molar-refractivity contribution is 6.88. The minimum Gasteiger partial charge on any atom is -0.256 e. The molecular formula is C27H35NSi. The first kappa shape index (κ1) is 17.6. The molecule has 152 valence electrons. The molecule has 0 aliphatic heterocycles. The van der Waals surface area contributed by atoms with Gasteiger partial charge < -0.3 is 0 Å². The Morgan fingerprint density at radius 1 is 0.862 bits per heavy atom. The number of hydrogen-bond acceptors (Lipinski definition) is 1. The summed E-state index contributed by atoms with van der Waals surface area (Å²) in [5.74, 6) is 0.565. The van der Waals surface area contributed by atoms with Crippen molar-refractivity contribution in [2.45, 2.75) is 66.0 Å². The molecule has 1 nitrogen and oxygen atoms in total. The molecule has 0 aliphatic carbocycles. The van der Waals surface area contributed by atoms with E-state index >= 15 is 0 Å². The van der Waals surface area contributed by atoms with Crippen LogP contribution in [0.1, 0.15) is 60.3 Å². The maximum atomic E-state index is 8.23. The highest BCUT2D eigenvalue weighted by atomic mass is 28.3. The van der Waals surface area contributed by atoms with Crippen LogP contribution in [0.15, 0.2) is 54.7 Å². The zero-order valence-corrected chi connectivity index (χ0v) is 19.8. The smallest absolute Gasteiger partial charge is 0.0777 e. The average molecular weight is 405 g/mol. The SMILES string of the molecule is [2H]C([2H])([2H])c1ccc(-c2cc([Si](C)(C)C)ccn2)cc1-c1c(C(C)C)cccc1C(C)C. The van der Waals surface area contributed by atoms with Crippen molar-refractivity contribution in [3.05, 3.63) is 71.4 Å². The standard InChI is InChI=1S/C27H35NSi/c1-18(2)23-10-9-11-24(19(3)4)27(23)25-16-21(13-12-20(25)5)26-17-22(14-15-28-26)29(6,7)8/h9-19H,1-8H3/i5D3. The third-order valence-electron chi connectivity index (χ3n) is 5.58. The molecule has 0 fully saturated rings. The molecule has 1 heterocycles. The van der Waals surface area contributed by atoms with Gasteiger partial charge in [-0.3, -0.25) is 4.98 Å². The van der Waals surface area contributed by atoms with Crippen molar-refractivity contribution in [2.75, 3.05) is 0 Å². The molecule has 29 heavy (non-hydrogen) atoms. The van der Waals surface area contributed by atoms with E-state index < -0.39 is 14.9 Å². The molecule has 0 radical (unpaired) electrons. The minimum atomic E-state index is -2.19. The summed E-state index contributed by atoms with van der Waals surface area (Å²) in [6.45, 7) is 13.4. The van der Waals surface area contributed by atoms with Gasteiger partial charge in [0.05, 0.1) is 13.8 Å². The van der Waals surface area contributed by atoms with Crippen LogP contribution in [0.2, 0.25) is 19.6 Å². The van der Waals surface area contributed by atoms with E-state index in [9.17, 15) is 0 Å². The molecule has 0 aliphatic rings. The number of aromatic nitrogens is 1. The number of hydrogen-bond donors (Lipinski definition) is 0. The monoisotopic (exact) mass is 404 g/mol. The second-order valence-electron chi connectivity index (χ2n) is 9.56. The van der Waals surface area contributed by atoms with Crippen LogP contribution in [0, 0.1) is 6.85 Å². The Morgan fingerprint density at radius 2 is 1.52 bits per heavy atom. The van der Waals surface area contributed by atoms with E-state index in [1.165, 1.54) is 16.3 Å². The van der Waals surface area contributed by atoms with E-state index in [0.29, 0.717) is 5.56 Å². The van der Waals surface area contributed by atoms with Crippen LogP contribution in [0.4, 0.5) is 0 Å². The molecule has 1 aromatic heterocycles. The lowest BCUT2D eigenvalue weighted by molar-refractivity contribution is 0.838. The molecule has 3 rings (SSSR count). The van der Waals surface area contributed by atoms with Gasteiger partial charge in [0.1, 0.15) is 0 Å². The Hall–Kier alpha value is -2.19. The van der Waals surface area contributed by atoms with Gasteiger partial charge in [-0.25, -0.2) is 0 Å². The predicted molar refractivity (Wildman–Crippen MR) is 131 cm³/mol. The molecule has 2 heteroatoms. The highest BCUT2D eigenvalue weighted by Gasteiger charge is 2.19. The summed E-state index contributed by atoms with van der Waals surface area (Å²) in [6.07, 6.45) is 1.88. The van der Waals surface area contributed by atoms with Gasteiger partial charge in [0.2, 0.25) is 0 Å². The summed E-state index contributed by atoms with van der Waals surface area (Å²) in [7, 11) is -1.49. The van der Waals surface area contributed by atoms with Gasteiger partial charge in [0, 0.05) is 15.9 Å². The van der Waals surface area contributed by atoms with E-state index in [-0.39, 0.29) is 11.8 Å². The van der Waals surface area contributed by atoms with Crippen LogP contribution < -0.4 is 5.19 Å². The third-order valence-corrected chi connectivity index (χ3v) is 7.63. The third kappa shape index (κ3) is 4.53. The summed E-state index contributed by atoms with van der Waals surface area (Å²) in [6, 6.07) is 16.4. The van der Waals surface area contributed by atoms with Crippen molar-refractivity contribution in [3.8, 4) is 22.4 Å². The van der Waals surface area contributed by atoms with Crippen LogP contribution >= 0.6 is 0 Å². The van der Waals surface area contributed by atoms with Crippen molar-refractivity contribution < 1.29 is 4.11 Å². The first-order chi connectivity index (χ1) is 14.8. The molecule has 0 unspecified atom stereocenters. The van der Waals surface area contributed by atoms with Gasteiger partial charge in [-0.1, -0.05) is 82.9 Å². The quantitative estimate of drug-likeness (QED) is 0.401. The van der Waals surface area contributed by atoms with Crippen molar-refractivity contribution in [3.63, 3.8) is 0 Å². The Kier molecular flexibility index (Phi) is 5.04. The lowest BCUT2D eigenvalue weighted by atomic mass is 9.83. The Bertz CT molecular complexity index is 1080. The topological polar surface area (TPSA) is 12.9 Å². The van der Waals surface area contributed by atoms with Crippen LogP contribution in [-0.4, -0.2) is 13.1 Å². The summed E-state index contributed by atoms with van der Waals surface area (Å²) >= 11 is 0. The maximum Gasteiger partial charge on any atom is 0.0777 e. The fraction of sp³-hybridized carbons (Fsp3) is 0.370. The Morgan fingerprint density at radius 3 is 2.07 bits per heavy atom. The van der Waals surface area contributed by atoms with Gasteiger partial charge >= 0.3 is 0 Å². The van der Waals surface area contributed by atoms with Crippen molar-refractivity contribution in [1.29, 1.82) is 0 Å². The van der Waals surface area contributed by atoms with Crippen LogP contribution in [0.25, 0.3) is 22.4 Å². The lowest BCUT2D eigenvalue weighted by Crippen LogP contribution is -2.37. The largest absolute Gasteiger partial charge is 0.256 e. The molecule has 0 N–H and O–H groups in total. The number of benzene rings is 2. The number of aryl methyl sites for hydroxylation is 1. The van der Waals surface area contributed by atoms with Crippen molar-refractivity contribution in [2.24, 2.45) is 0 Å². The maximum absolute atomic E-state index is 8.23. The number of rotatable bonds is 5. The van der Waals surface area contributed by atoms with E-state index in [4.69, 9.17) is 4.11 Å². The van der Waals surface area contributed by atoms with Gasteiger partial charge in [0.15, 0.2) is 0 Å². The second-order valence-corrected chi connectivity index (χ2v) is 14.6. The molecule has 0 saturated heterocycles. The molecule has 0 atom stereocenters. The molecule has 3 aromatic rings. The summed E-state index contributed by atoms with van der Waals surface area (Å²) in [4.78, 5) is 4.65. The van der Waals surface area contributed by atoms with Crippen LogP contribution in [0.3, 0.4) is 0 Å². The van der Waals surface area contributed by atoms with Crippen molar-refractivity contribution >= 4 is 13.3 Å². The van der Waals surface area contributed by atoms with E-state index in [0.717, 1.165) is 22.4 Å². The van der Waals surface area contributed by atoms with Crippen molar-refractivity contribution in [1.82, 2.24) is 4.98 Å². The predicted octanol–water partition coefficient (Wildman–Crippen LogP) is 7.52. The second kappa shape index (κ2) is 8.28. The average Bonchev–Trinajstić information content (AvgIpc) is 2.71. The number of nitrogens with zero attached hydrogens (tertiary/aromatic N) is 1. The lowest BCUT2D eigenvalue weighted by Gasteiger charge is -2.22. The summed E-state index contributed by atoms with van der Waals surface area (Å²) < 4.78 is 24.7. The Labute approximate surface area is 182 Å². The molecule has 0 bridgehead atoms. The zero-order valence-electron chi connectivity index (χ0n) is 21.8. The molecular weight excluding hydrogens is 366 g/mol. The summed E-state index contributed by atoms with van der Waals surface area (Å²) in [5.41, 5.74) is 6.49. The van der Waals surface area contributed by atoms with Crippen LogP contribution in [-0.2, 0) is 0 Å². The van der Waals surface area contributed by atoms with E-state index in [1.54, 1.807) is 6.07 Å². The molecule has 0 amide bonds.